The fourth-order valence-corrected chi connectivity index (χ4v) is 3.70. The van der Waals surface area contributed by atoms with Crippen LogP contribution in [0.5, 0.6) is 0 Å². The van der Waals surface area contributed by atoms with Gasteiger partial charge in [-0.1, -0.05) is 69.7 Å². The number of likely N-dealkylation sites (N-methyl/N-ethyl adjacent to an activating group) is 1. The Bertz CT molecular complexity index is 707. The number of benzene rings is 1. The smallest absolute Gasteiger partial charge is 0.0470 e. The Hall–Kier alpha value is -2.46. The average molecular weight is 425 g/mol. The summed E-state index contributed by atoms with van der Waals surface area (Å²) < 4.78 is 0. The van der Waals surface area contributed by atoms with E-state index in [-0.39, 0.29) is 6.04 Å². The molecule has 4 N–H and O–H groups in total. The van der Waals surface area contributed by atoms with Crippen molar-refractivity contribution in [1.29, 1.82) is 0 Å². The van der Waals surface area contributed by atoms with Crippen molar-refractivity contribution in [3.63, 3.8) is 0 Å². The fraction of sp³-hybridized carbons (Fsp3) is 0.481. The quantitative estimate of drug-likeness (QED) is 0.199. The zero-order valence-electron chi connectivity index (χ0n) is 19.9. The van der Waals surface area contributed by atoms with Crippen LogP contribution in [0.25, 0.3) is 11.8 Å². The molecule has 31 heavy (non-hydrogen) atoms. The Morgan fingerprint density at radius 2 is 1.77 bits per heavy atom. The summed E-state index contributed by atoms with van der Waals surface area (Å²) in [5, 5.41) is 6.76. The van der Waals surface area contributed by atoms with Crippen molar-refractivity contribution in [2.75, 3.05) is 32.5 Å². The highest BCUT2D eigenvalue weighted by atomic mass is 15.1. The molecule has 4 heteroatoms. The van der Waals surface area contributed by atoms with Crippen molar-refractivity contribution >= 4 is 17.5 Å². The first-order chi connectivity index (χ1) is 15.0. The van der Waals surface area contributed by atoms with E-state index in [0.29, 0.717) is 0 Å². The molecule has 0 saturated heterocycles. The first-order valence-corrected chi connectivity index (χ1v) is 11.6. The van der Waals surface area contributed by atoms with Gasteiger partial charge in [-0.3, -0.25) is 0 Å². The number of nitrogens with zero attached hydrogens (tertiary/aromatic N) is 1. The van der Waals surface area contributed by atoms with Crippen molar-refractivity contribution in [3.05, 3.63) is 67.4 Å². The molecule has 4 nitrogen and oxygen atoms in total. The number of nitrogens with two attached hydrogens (primary N) is 1. The fourth-order valence-electron chi connectivity index (χ4n) is 3.70. The van der Waals surface area contributed by atoms with Gasteiger partial charge < -0.3 is 21.3 Å². The minimum Gasteiger partial charge on any atom is -0.392 e. The summed E-state index contributed by atoms with van der Waals surface area (Å²) in [5.41, 5.74) is 10.9. The highest BCUT2D eigenvalue weighted by Crippen LogP contribution is 2.31. The van der Waals surface area contributed by atoms with E-state index in [1.54, 1.807) is 0 Å². The number of hydrogen-bond acceptors (Lipinski definition) is 4. The van der Waals surface area contributed by atoms with E-state index in [1.807, 2.05) is 19.2 Å². The van der Waals surface area contributed by atoms with E-state index < -0.39 is 0 Å². The van der Waals surface area contributed by atoms with Gasteiger partial charge in [0.05, 0.1) is 0 Å². The van der Waals surface area contributed by atoms with Gasteiger partial charge in [-0.25, -0.2) is 0 Å². The summed E-state index contributed by atoms with van der Waals surface area (Å²) in [6.07, 6.45) is 13.0. The van der Waals surface area contributed by atoms with Gasteiger partial charge in [-0.15, -0.1) is 6.58 Å². The summed E-state index contributed by atoms with van der Waals surface area (Å²) in [4.78, 5) is 2.21. The third-order valence-electron chi connectivity index (χ3n) is 5.84. The van der Waals surface area contributed by atoms with Gasteiger partial charge >= 0.3 is 0 Å². The van der Waals surface area contributed by atoms with Crippen LogP contribution in [0.15, 0.2) is 56.3 Å². The van der Waals surface area contributed by atoms with Crippen LogP contribution in [0.3, 0.4) is 0 Å². The molecule has 0 radical (unpaired) electrons. The molecule has 0 aliphatic rings. The van der Waals surface area contributed by atoms with Crippen LogP contribution in [0.4, 0.5) is 5.69 Å². The second-order valence-electron chi connectivity index (χ2n) is 8.06. The molecule has 1 unspecified atom stereocenters. The van der Waals surface area contributed by atoms with E-state index in [4.69, 9.17) is 5.73 Å². The summed E-state index contributed by atoms with van der Waals surface area (Å²) in [6.45, 7) is 18.3. The maximum atomic E-state index is 5.56. The minimum absolute atomic E-state index is 0.178. The molecule has 1 aromatic carbocycles. The standard InChI is InChI=1S/C27H44N4/c1-7-24-16-15-17-26(30-21-14-12-10-9-11-13-20-28)27(24)23(4)31(6)25(8-2)19-18-22(3)29-5/h7-8,15-17,25,29-30H,1-4,9-14,18-21,28H2,5-6H3. The predicted octanol–water partition coefficient (Wildman–Crippen LogP) is 6.01. The Morgan fingerprint density at radius 3 is 2.39 bits per heavy atom. The summed E-state index contributed by atoms with van der Waals surface area (Å²) in [6, 6.07) is 6.48. The van der Waals surface area contributed by atoms with Crippen molar-refractivity contribution in [3.8, 4) is 0 Å². The zero-order valence-corrected chi connectivity index (χ0v) is 19.9. The third-order valence-corrected chi connectivity index (χ3v) is 5.84. The summed E-state index contributed by atoms with van der Waals surface area (Å²) in [7, 11) is 3.99. The molecule has 0 bridgehead atoms. The van der Waals surface area contributed by atoms with Crippen LogP contribution in [-0.2, 0) is 0 Å². The SMILES string of the molecule is C=Cc1cccc(NCCCCCCCCN)c1C(=C)N(C)C(C=C)CCC(=C)NC. The summed E-state index contributed by atoms with van der Waals surface area (Å²) >= 11 is 0. The lowest BCUT2D eigenvalue weighted by Gasteiger charge is -2.31. The number of rotatable bonds is 18. The largest absolute Gasteiger partial charge is 0.392 e. The summed E-state index contributed by atoms with van der Waals surface area (Å²) in [5.74, 6) is 0. The van der Waals surface area contributed by atoms with Gasteiger partial charge in [0.25, 0.3) is 0 Å². The molecule has 0 saturated carbocycles. The van der Waals surface area contributed by atoms with Gasteiger partial charge in [0.15, 0.2) is 0 Å². The van der Waals surface area contributed by atoms with Crippen molar-refractivity contribution in [2.45, 2.75) is 57.4 Å². The number of anilines is 1. The second kappa shape index (κ2) is 15.4. The molecule has 0 heterocycles. The maximum absolute atomic E-state index is 5.56. The van der Waals surface area contributed by atoms with Gasteiger partial charge in [-0.2, -0.15) is 0 Å². The number of nitrogens with one attached hydrogen (secondary N) is 2. The van der Waals surface area contributed by atoms with Crippen LogP contribution in [0, 0.1) is 0 Å². The Labute approximate surface area is 191 Å². The second-order valence-corrected chi connectivity index (χ2v) is 8.06. The molecule has 0 aromatic heterocycles. The normalized spacial score (nSPS) is 11.5. The topological polar surface area (TPSA) is 53.3 Å². The van der Waals surface area contributed by atoms with Crippen molar-refractivity contribution < 1.29 is 0 Å². The van der Waals surface area contributed by atoms with Crippen molar-refractivity contribution in [1.82, 2.24) is 10.2 Å². The number of allylic oxidation sites excluding steroid dienone is 1. The first kappa shape index (κ1) is 26.6. The average Bonchev–Trinajstić information content (AvgIpc) is 2.79. The van der Waals surface area contributed by atoms with Crippen molar-refractivity contribution in [2.24, 2.45) is 5.73 Å². The molecule has 1 atom stereocenters. The van der Waals surface area contributed by atoms with Crippen LogP contribution < -0.4 is 16.4 Å². The first-order valence-electron chi connectivity index (χ1n) is 11.6. The maximum Gasteiger partial charge on any atom is 0.0470 e. The van der Waals surface area contributed by atoms with Crippen LogP contribution in [0.2, 0.25) is 0 Å². The molecule has 0 fully saturated rings. The molecule has 1 aromatic rings. The highest BCUT2D eigenvalue weighted by molar-refractivity contribution is 5.81. The van der Waals surface area contributed by atoms with E-state index in [0.717, 1.165) is 67.0 Å². The Balaban J connectivity index is 2.80. The highest BCUT2D eigenvalue weighted by Gasteiger charge is 2.18. The van der Waals surface area contributed by atoms with Gasteiger partial charge in [0, 0.05) is 49.3 Å². The molecule has 172 valence electrons. The Morgan fingerprint density at radius 1 is 1.10 bits per heavy atom. The molecule has 0 spiro atoms. The molecule has 0 amide bonds. The van der Waals surface area contributed by atoms with Crippen LogP contribution >= 0.6 is 0 Å². The minimum atomic E-state index is 0.178. The monoisotopic (exact) mass is 424 g/mol. The molecule has 0 aliphatic carbocycles. The molecular formula is C27H44N4. The molecular weight excluding hydrogens is 380 g/mol. The lowest BCUT2D eigenvalue weighted by Crippen LogP contribution is -2.29. The van der Waals surface area contributed by atoms with E-state index >= 15 is 0 Å². The van der Waals surface area contributed by atoms with Crippen LogP contribution in [-0.4, -0.2) is 38.1 Å². The molecule has 1 rings (SSSR count). The third kappa shape index (κ3) is 9.06. The van der Waals surface area contributed by atoms with Gasteiger partial charge in [0.1, 0.15) is 0 Å². The van der Waals surface area contributed by atoms with Gasteiger partial charge in [0.2, 0.25) is 0 Å². The number of hydrogen-bond donors (Lipinski definition) is 3. The van der Waals surface area contributed by atoms with E-state index in [9.17, 15) is 0 Å². The predicted molar refractivity (Wildman–Crippen MR) is 140 cm³/mol. The molecule has 0 aliphatic heterocycles. The van der Waals surface area contributed by atoms with E-state index in [1.165, 1.54) is 25.7 Å². The number of unbranched alkanes of at least 4 members (excludes halogenated alkanes) is 5. The zero-order chi connectivity index (χ0) is 23.1. The van der Waals surface area contributed by atoms with Crippen LogP contribution in [0.1, 0.15) is 62.5 Å². The lowest BCUT2D eigenvalue weighted by atomic mass is 9.99. The van der Waals surface area contributed by atoms with Gasteiger partial charge in [-0.05, 0) is 43.9 Å². The lowest BCUT2D eigenvalue weighted by molar-refractivity contribution is 0.384. The van der Waals surface area contributed by atoms with E-state index in [2.05, 4.69) is 67.1 Å². The Kier molecular flexibility index (Phi) is 13.2.